The third-order valence-electron chi connectivity index (χ3n) is 5.86. The molecule has 1 atom stereocenters. The highest BCUT2D eigenvalue weighted by Gasteiger charge is 2.30. The van der Waals surface area contributed by atoms with Crippen molar-refractivity contribution in [2.75, 3.05) is 47.0 Å². The Morgan fingerprint density at radius 1 is 1.00 bits per heavy atom. The van der Waals surface area contributed by atoms with Crippen molar-refractivity contribution < 1.29 is 9.47 Å². The fraction of sp³-hybridized carbons (Fsp3) is 0.435. The highest BCUT2D eigenvalue weighted by atomic mass is 35.5. The standard InChI is InChI=1S/C23H29ClN6O2/c1-31-16-15-30-23(25-26-27-30)22(18-7-9-20(24)10-8-18)29-13-11-28(12-14-29)17-19-5-3-4-6-21(19)32-2/h3-10,22H,11-17H2,1-2H3/t22-/m1/s1. The minimum absolute atomic E-state index is 0.0486. The first kappa shape index (κ1) is 22.7. The number of halogens is 1. The lowest BCUT2D eigenvalue weighted by molar-refractivity contribution is 0.0983. The normalized spacial score (nSPS) is 16.2. The fourth-order valence-corrected chi connectivity index (χ4v) is 4.29. The van der Waals surface area contributed by atoms with Crippen LogP contribution in [0.1, 0.15) is 23.0 Å². The summed E-state index contributed by atoms with van der Waals surface area (Å²) in [5.74, 6) is 1.76. The van der Waals surface area contributed by atoms with Crippen LogP contribution in [0.25, 0.3) is 0 Å². The van der Waals surface area contributed by atoms with Gasteiger partial charge in [0.25, 0.3) is 0 Å². The maximum Gasteiger partial charge on any atom is 0.173 e. The van der Waals surface area contributed by atoms with Crippen molar-refractivity contribution in [1.29, 1.82) is 0 Å². The summed E-state index contributed by atoms with van der Waals surface area (Å²) in [5.41, 5.74) is 2.34. The lowest BCUT2D eigenvalue weighted by atomic mass is 10.0. The highest BCUT2D eigenvalue weighted by Crippen LogP contribution is 2.29. The quantitative estimate of drug-likeness (QED) is 0.490. The van der Waals surface area contributed by atoms with E-state index in [1.54, 1.807) is 14.2 Å². The predicted octanol–water partition coefficient (Wildman–Crippen LogP) is 2.89. The molecule has 0 N–H and O–H groups in total. The summed E-state index contributed by atoms with van der Waals surface area (Å²) in [6.07, 6.45) is 0. The number of para-hydroxylation sites is 1. The number of hydrogen-bond donors (Lipinski definition) is 0. The second kappa shape index (κ2) is 10.9. The number of hydrogen-bond acceptors (Lipinski definition) is 7. The molecule has 32 heavy (non-hydrogen) atoms. The molecule has 1 aliphatic heterocycles. The van der Waals surface area contributed by atoms with Gasteiger partial charge in [0.1, 0.15) is 5.75 Å². The van der Waals surface area contributed by atoms with Crippen molar-refractivity contribution in [3.63, 3.8) is 0 Å². The lowest BCUT2D eigenvalue weighted by Crippen LogP contribution is -2.48. The summed E-state index contributed by atoms with van der Waals surface area (Å²) in [7, 11) is 3.41. The van der Waals surface area contributed by atoms with Crippen LogP contribution >= 0.6 is 11.6 Å². The zero-order valence-corrected chi connectivity index (χ0v) is 19.3. The molecule has 1 saturated heterocycles. The number of benzene rings is 2. The van der Waals surface area contributed by atoms with Crippen LogP contribution in [0.4, 0.5) is 0 Å². The maximum absolute atomic E-state index is 6.16. The molecule has 0 bridgehead atoms. The smallest absolute Gasteiger partial charge is 0.173 e. The van der Waals surface area contributed by atoms with Gasteiger partial charge in [-0.25, -0.2) is 4.68 Å². The van der Waals surface area contributed by atoms with E-state index in [2.05, 4.69) is 49.6 Å². The molecule has 0 aliphatic carbocycles. The van der Waals surface area contributed by atoms with Gasteiger partial charge in [-0.3, -0.25) is 9.80 Å². The third-order valence-corrected chi connectivity index (χ3v) is 6.11. The van der Waals surface area contributed by atoms with E-state index in [9.17, 15) is 0 Å². The van der Waals surface area contributed by atoms with Gasteiger partial charge in [-0.15, -0.1) is 5.10 Å². The molecular weight excluding hydrogens is 428 g/mol. The summed E-state index contributed by atoms with van der Waals surface area (Å²) < 4.78 is 12.6. The monoisotopic (exact) mass is 456 g/mol. The molecule has 170 valence electrons. The highest BCUT2D eigenvalue weighted by molar-refractivity contribution is 6.30. The SMILES string of the molecule is COCCn1nnnc1[C@@H](c1ccc(Cl)cc1)N1CCN(Cc2ccccc2OC)CC1. The van der Waals surface area contributed by atoms with Crippen molar-refractivity contribution in [2.45, 2.75) is 19.1 Å². The molecule has 8 nitrogen and oxygen atoms in total. The van der Waals surface area contributed by atoms with Crippen LogP contribution in [0.15, 0.2) is 48.5 Å². The zero-order valence-electron chi connectivity index (χ0n) is 18.5. The first-order chi connectivity index (χ1) is 15.7. The predicted molar refractivity (Wildman–Crippen MR) is 123 cm³/mol. The summed E-state index contributed by atoms with van der Waals surface area (Å²) in [6, 6.07) is 16.1. The fourth-order valence-electron chi connectivity index (χ4n) is 4.17. The van der Waals surface area contributed by atoms with Gasteiger partial charge < -0.3 is 9.47 Å². The van der Waals surface area contributed by atoms with Crippen LogP contribution in [0, 0.1) is 0 Å². The topological polar surface area (TPSA) is 68.5 Å². The van der Waals surface area contributed by atoms with Crippen molar-refractivity contribution in [2.24, 2.45) is 0 Å². The first-order valence-electron chi connectivity index (χ1n) is 10.8. The van der Waals surface area contributed by atoms with Crippen LogP contribution in [-0.4, -0.2) is 77.0 Å². The Morgan fingerprint density at radius 3 is 2.47 bits per heavy atom. The van der Waals surface area contributed by atoms with Crippen LogP contribution in [0.2, 0.25) is 5.02 Å². The number of piperazine rings is 1. The Bertz CT molecular complexity index is 988. The Balaban J connectivity index is 1.52. The molecule has 0 saturated carbocycles. The number of tetrazole rings is 1. The van der Waals surface area contributed by atoms with Gasteiger partial charge in [-0.1, -0.05) is 41.9 Å². The average molecular weight is 457 g/mol. The van der Waals surface area contributed by atoms with Crippen molar-refractivity contribution in [3.05, 3.63) is 70.5 Å². The molecule has 0 radical (unpaired) electrons. The first-order valence-corrected chi connectivity index (χ1v) is 11.2. The summed E-state index contributed by atoms with van der Waals surface area (Å²) in [6.45, 7) is 5.73. The molecule has 2 heterocycles. The number of rotatable bonds is 9. The summed E-state index contributed by atoms with van der Waals surface area (Å²) in [4.78, 5) is 4.90. The van der Waals surface area contributed by atoms with Gasteiger partial charge in [0.05, 0.1) is 26.3 Å². The van der Waals surface area contributed by atoms with E-state index in [-0.39, 0.29) is 6.04 Å². The third kappa shape index (κ3) is 5.27. The number of aromatic nitrogens is 4. The van der Waals surface area contributed by atoms with Gasteiger partial charge in [-0.2, -0.15) is 0 Å². The van der Waals surface area contributed by atoms with Gasteiger partial charge >= 0.3 is 0 Å². The number of methoxy groups -OCH3 is 2. The van der Waals surface area contributed by atoms with Gasteiger partial charge in [-0.05, 0) is 34.2 Å². The molecule has 9 heteroatoms. The molecule has 2 aromatic carbocycles. The van der Waals surface area contributed by atoms with Gasteiger partial charge in [0.15, 0.2) is 5.82 Å². The second-order valence-electron chi connectivity index (χ2n) is 7.83. The Hall–Kier alpha value is -2.52. The van der Waals surface area contributed by atoms with E-state index in [1.165, 1.54) is 5.56 Å². The van der Waals surface area contributed by atoms with Crippen LogP contribution < -0.4 is 4.74 Å². The largest absolute Gasteiger partial charge is 0.496 e. The lowest BCUT2D eigenvalue weighted by Gasteiger charge is -2.39. The molecule has 0 amide bonds. The number of nitrogens with zero attached hydrogens (tertiary/aromatic N) is 6. The van der Waals surface area contributed by atoms with Gasteiger partial charge in [0, 0.05) is 50.4 Å². The van der Waals surface area contributed by atoms with Crippen molar-refractivity contribution >= 4 is 11.6 Å². The summed E-state index contributed by atoms with van der Waals surface area (Å²) >= 11 is 6.16. The average Bonchev–Trinajstić information content (AvgIpc) is 3.28. The zero-order chi connectivity index (χ0) is 22.3. The second-order valence-corrected chi connectivity index (χ2v) is 8.27. The Morgan fingerprint density at radius 2 is 1.75 bits per heavy atom. The minimum Gasteiger partial charge on any atom is -0.496 e. The van der Waals surface area contributed by atoms with Crippen molar-refractivity contribution in [3.8, 4) is 5.75 Å². The molecule has 3 aromatic rings. The molecule has 1 aromatic heterocycles. The van der Waals surface area contributed by atoms with E-state index in [4.69, 9.17) is 21.1 Å². The van der Waals surface area contributed by atoms with E-state index < -0.39 is 0 Å². The van der Waals surface area contributed by atoms with Crippen LogP contribution in [0.3, 0.4) is 0 Å². The number of ether oxygens (including phenoxy) is 2. The van der Waals surface area contributed by atoms with Crippen molar-refractivity contribution in [1.82, 2.24) is 30.0 Å². The van der Waals surface area contributed by atoms with Gasteiger partial charge in [0.2, 0.25) is 0 Å². The summed E-state index contributed by atoms with van der Waals surface area (Å²) in [5, 5.41) is 13.3. The molecule has 0 spiro atoms. The van der Waals surface area contributed by atoms with E-state index in [0.717, 1.165) is 49.9 Å². The van der Waals surface area contributed by atoms with Crippen LogP contribution in [0.5, 0.6) is 5.75 Å². The van der Waals surface area contributed by atoms with Crippen LogP contribution in [-0.2, 0) is 17.8 Å². The Kier molecular flexibility index (Phi) is 7.70. The minimum atomic E-state index is -0.0486. The molecule has 1 aliphatic rings. The molecule has 1 fully saturated rings. The Labute approximate surface area is 193 Å². The van der Waals surface area contributed by atoms with E-state index >= 15 is 0 Å². The molecule has 4 rings (SSSR count). The molecule has 0 unspecified atom stereocenters. The maximum atomic E-state index is 6.16. The molecular formula is C23H29ClN6O2. The van der Waals surface area contributed by atoms with E-state index in [1.807, 2.05) is 28.9 Å². The van der Waals surface area contributed by atoms with E-state index in [0.29, 0.717) is 18.2 Å².